The highest BCUT2D eigenvalue weighted by Gasteiger charge is 2.38. The van der Waals surface area contributed by atoms with Crippen molar-refractivity contribution in [3.8, 4) is 5.75 Å². The number of fused-ring (bicyclic) bond motifs is 3. The number of thiophene rings is 1. The molecule has 1 aromatic carbocycles. The van der Waals surface area contributed by atoms with Gasteiger partial charge in [0.05, 0.1) is 24.8 Å². The van der Waals surface area contributed by atoms with E-state index in [4.69, 9.17) is 9.47 Å². The van der Waals surface area contributed by atoms with Crippen molar-refractivity contribution in [2.24, 2.45) is 13.0 Å². The minimum Gasteiger partial charge on any atom is -0.487 e. The van der Waals surface area contributed by atoms with Gasteiger partial charge in [0, 0.05) is 43.0 Å². The van der Waals surface area contributed by atoms with Crippen LogP contribution in [0.4, 0.5) is 0 Å². The van der Waals surface area contributed by atoms with Crippen LogP contribution in [0.3, 0.4) is 0 Å². The maximum absolute atomic E-state index is 13.0. The fourth-order valence-electron chi connectivity index (χ4n) is 6.55. The highest BCUT2D eigenvalue weighted by molar-refractivity contribution is 7.17. The summed E-state index contributed by atoms with van der Waals surface area (Å²) in [6, 6.07) is 9.87. The summed E-state index contributed by atoms with van der Waals surface area (Å²) in [6.45, 7) is 7.73. The van der Waals surface area contributed by atoms with Crippen LogP contribution in [0, 0.1) is 12.8 Å². The molecule has 5 heterocycles. The summed E-state index contributed by atoms with van der Waals surface area (Å²) in [4.78, 5) is 35.5. The smallest absolute Gasteiger partial charge is 0.306 e. The molecule has 4 aromatic heterocycles. The zero-order valence-electron chi connectivity index (χ0n) is 25.4. The zero-order valence-corrected chi connectivity index (χ0v) is 26.2. The van der Waals surface area contributed by atoms with E-state index in [0.29, 0.717) is 24.7 Å². The number of aryl methyl sites for hydroxylation is 2. The van der Waals surface area contributed by atoms with Gasteiger partial charge in [-0.25, -0.2) is 9.67 Å². The second kappa shape index (κ2) is 11.4. The van der Waals surface area contributed by atoms with E-state index in [1.54, 1.807) is 22.1 Å². The van der Waals surface area contributed by atoms with Crippen LogP contribution in [0.25, 0.3) is 21.3 Å². The fourth-order valence-corrected chi connectivity index (χ4v) is 7.43. The molecule has 228 valence electrons. The number of benzene rings is 1. The molecule has 0 amide bonds. The first-order valence-electron chi connectivity index (χ1n) is 15.2. The zero-order chi connectivity index (χ0) is 30.5. The highest BCUT2D eigenvalue weighted by Crippen LogP contribution is 2.42. The second-order valence-corrected chi connectivity index (χ2v) is 12.9. The van der Waals surface area contributed by atoms with Crippen LogP contribution in [0.2, 0.25) is 0 Å². The predicted molar refractivity (Wildman–Crippen MR) is 169 cm³/mol. The normalized spacial score (nSPS) is 19.5. The lowest BCUT2D eigenvalue weighted by Gasteiger charge is -2.29. The summed E-state index contributed by atoms with van der Waals surface area (Å²) in [5, 5.41) is 11.8. The van der Waals surface area contributed by atoms with Gasteiger partial charge in [0.2, 0.25) is 5.56 Å². The average Bonchev–Trinajstić information content (AvgIpc) is 3.65. The van der Waals surface area contributed by atoms with Crippen molar-refractivity contribution < 1.29 is 14.3 Å². The van der Waals surface area contributed by atoms with E-state index in [0.717, 1.165) is 58.4 Å². The lowest BCUT2D eigenvalue weighted by atomic mass is 9.85. The molecule has 5 aromatic rings. The van der Waals surface area contributed by atoms with Crippen molar-refractivity contribution in [3.63, 3.8) is 0 Å². The number of carbonyl (C=O) groups is 1. The monoisotopic (exact) mass is 612 g/mol. The number of ether oxygens (including phenoxy) is 2. The Morgan fingerprint density at radius 2 is 2.09 bits per heavy atom. The van der Waals surface area contributed by atoms with Crippen molar-refractivity contribution in [2.75, 3.05) is 13.2 Å². The lowest BCUT2D eigenvalue weighted by Crippen LogP contribution is -2.35. The van der Waals surface area contributed by atoms with Gasteiger partial charge in [0.1, 0.15) is 17.4 Å². The highest BCUT2D eigenvalue weighted by atomic mass is 32.1. The SMILES string of the molecule is CCOC(=O)C[C@H](c1cc(CN2C[C@@H](C3CC3)Oc3ccc(=O)[nH]c3C2C)c2sccc2c1)c1cnc2c(nnn2C)c1C. The molecule has 1 aliphatic heterocycles. The molecule has 0 radical (unpaired) electrons. The third-order valence-electron chi connectivity index (χ3n) is 9.10. The van der Waals surface area contributed by atoms with Gasteiger partial charge in [-0.3, -0.25) is 14.5 Å². The van der Waals surface area contributed by atoms with Crippen LogP contribution in [-0.2, 0) is 23.1 Å². The summed E-state index contributed by atoms with van der Waals surface area (Å²) in [6.07, 6.45) is 4.42. The van der Waals surface area contributed by atoms with Crippen molar-refractivity contribution >= 4 is 38.6 Å². The Bertz CT molecular complexity index is 1920. The minimum atomic E-state index is -0.280. The number of hydrogen-bond donors (Lipinski definition) is 1. The Morgan fingerprint density at radius 1 is 1.25 bits per heavy atom. The van der Waals surface area contributed by atoms with E-state index in [9.17, 15) is 9.59 Å². The minimum absolute atomic E-state index is 0.0536. The molecular weight excluding hydrogens is 576 g/mol. The molecule has 11 heteroatoms. The number of carbonyl (C=O) groups excluding carboxylic acids is 1. The number of H-pyrrole nitrogens is 1. The van der Waals surface area contributed by atoms with Crippen LogP contribution in [0.15, 0.2) is 46.7 Å². The van der Waals surface area contributed by atoms with Crippen molar-refractivity contribution in [1.82, 2.24) is 29.9 Å². The average molecular weight is 613 g/mol. The molecule has 0 saturated heterocycles. The van der Waals surface area contributed by atoms with Crippen molar-refractivity contribution in [2.45, 2.75) is 64.6 Å². The van der Waals surface area contributed by atoms with E-state index < -0.39 is 0 Å². The van der Waals surface area contributed by atoms with Gasteiger partial charge in [-0.15, -0.1) is 16.4 Å². The standard InChI is InChI=1S/C33H36N6O4S/c1-5-42-29(41)14-24(25-15-34-33-30(18(25)2)36-37-38(33)4)22-12-21-10-11-44-32(21)23(13-22)16-39-17-27(20-6-7-20)43-26-8-9-28(40)35-31(26)19(39)3/h8-13,15,19-20,24,27H,5-7,14,16-17H2,1-4H3,(H,35,40)/t19?,24-,27+/m1/s1. The first-order valence-corrected chi connectivity index (χ1v) is 16.1. The molecule has 3 atom stereocenters. The van der Waals surface area contributed by atoms with Gasteiger partial charge in [-0.2, -0.15) is 0 Å². The Hall–Kier alpha value is -4.09. The van der Waals surface area contributed by atoms with Crippen molar-refractivity contribution in [3.05, 3.63) is 80.2 Å². The number of hydrogen-bond acceptors (Lipinski definition) is 9. The van der Waals surface area contributed by atoms with Gasteiger partial charge in [-0.1, -0.05) is 11.3 Å². The van der Waals surface area contributed by atoms with E-state index >= 15 is 0 Å². The number of rotatable bonds is 8. The molecule has 1 aliphatic carbocycles. The van der Waals surface area contributed by atoms with Gasteiger partial charge in [0.25, 0.3) is 0 Å². The number of pyridine rings is 2. The molecule has 1 fully saturated rings. The van der Waals surface area contributed by atoms with Crippen LogP contribution in [0.5, 0.6) is 5.75 Å². The van der Waals surface area contributed by atoms with E-state index in [2.05, 4.69) is 55.7 Å². The topological polar surface area (TPSA) is 115 Å². The number of esters is 1. The maximum Gasteiger partial charge on any atom is 0.306 e. The van der Waals surface area contributed by atoms with Gasteiger partial charge >= 0.3 is 5.97 Å². The van der Waals surface area contributed by atoms with Crippen LogP contribution >= 0.6 is 11.3 Å². The molecule has 0 bridgehead atoms. The molecule has 0 spiro atoms. The van der Waals surface area contributed by atoms with Crippen molar-refractivity contribution in [1.29, 1.82) is 0 Å². The molecule has 7 rings (SSSR count). The Morgan fingerprint density at radius 3 is 2.89 bits per heavy atom. The Balaban J connectivity index is 1.31. The third-order valence-corrected chi connectivity index (χ3v) is 10.1. The number of aromatic nitrogens is 5. The molecule has 1 saturated carbocycles. The molecule has 1 unspecified atom stereocenters. The Labute approximate surface area is 259 Å². The summed E-state index contributed by atoms with van der Waals surface area (Å²) in [5.41, 5.74) is 6.22. The fraction of sp³-hybridized carbons (Fsp3) is 0.424. The van der Waals surface area contributed by atoms with E-state index in [-0.39, 0.29) is 36.0 Å². The summed E-state index contributed by atoms with van der Waals surface area (Å²) in [7, 11) is 1.82. The molecule has 1 N–H and O–H groups in total. The van der Waals surface area contributed by atoms with E-state index in [1.807, 2.05) is 33.2 Å². The molecule has 44 heavy (non-hydrogen) atoms. The van der Waals surface area contributed by atoms with Gasteiger partial charge in [0.15, 0.2) is 5.65 Å². The summed E-state index contributed by atoms with van der Waals surface area (Å²) in [5.74, 6) is 0.755. The second-order valence-electron chi connectivity index (χ2n) is 12.0. The largest absolute Gasteiger partial charge is 0.487 e. The number of nitrogens with one attached hydrogen (secondary N) is 1. The van der Waals surface area contributed by atoms with Crippen LogP contribution in [-0.4, -0.2) is 55.1 Å². The predicted octanol–water partition coefficient (Wildman–Crippen LogP) is 5.39. The molecule has 10 nitrogen and oxygen atoms in total. The third kappa shape index (κ3) is 5.28. The number of aromatic amines is 1. The molecular formula is C33H36N6O4S. The Kier molecular flexibility index (Phi) is 7.45. The summed E-state index contributed by atoms with van der Waals surface area (Å²) >= 11 is 1.72. The molecule has 2 aliphatic rings. The lowest BCUT2D eigenvalue weighted by molar-refractivity contribution is -0.143. The van der Waals surface area contributed by atoms with Gasteiger partial charge in [-0.05, 0) is 90.7 Å². The van der Waals surface area contributed by atoms with Gasteiger partial charge < -0.3 is 14.5 Å². The summed E-state index contributed by atoms with van der Waals surface area (Å²) < 4.78 is 14.8. The maximum atomic E-state index is 13.0. The first-order chi connectivity index (χ1) is 21.3. The van der Waals surface area contributed by atoms with Crippen LogP contribution < -0.4 is 10.3 Å². The first kappa shape index (κ1) is 28.7. The number of nitrogens with zero attached hydrogens (tertiary/aromatic N) is 5. The van der Waals surface area contributed by atoms with Crippen LogP contribution in [0.1, 0.15) is 73.0 Å². The quantitative estimate of drug-likeness (QED) is 0.232. The van der Waals surface area contributed by atoms with E-state index in [1.165, 1.54) is 10.3 Å².